The number of aliphatic hydroxyl groups is 3. The van der Waals surface area contributed by atoms with Crippen LogP contribution in [0.3, 0.4) is 0 Å². The Labute approximate surface area is 190 Å². The van der Waals surface area contributed by atoms with E-state index in [1.807, 2.05) is 53.4 Å². The van der Waals surface area contributed by atoms with E-state index >= 15 is 0 Å². The number of para-hydroxylation sites is 2. The molecule has 0 aromatic heterocycles. The van der Waals surface area contributed by atoms with Gasteiger partial charge in [0.2, 0.25) is 0 Å². The van der Waals surface area contributed by atoms with Gasteiger partial charge in [0.15, 0.2) is 0 Å². The third-order valence-corrected chi connectivity index (χ3v) is 6.81. The van der Waals surface area contributed by atoms with Gasteiger partial charge in [0.1, 0.15) is 18.1 Å². The van der Waals surface area contributed by atoms with Crippen LogP contribution in [0.25, 0.3) is 0 Å². The molecule has 0 saturated carbocycles. The molecule has 0 amide bonds. The summed E-state index contributed by atoms with van der Waals surface area (Å²) in [5.41, 5.74) is 0.820. The molecule has 6 heteroatoms. The molecule has 3 N–H and O–H groups in total. The zero-order valence-electron chi connectivity index (χ0n) is 18.7. The molecular formula is C26H34N2O4. The molecule has 0 bridgehead atoms. The summed E-state index contributed by atoms with van der Waals surface area (Å²) >= 11 is 0. The van der Waals surface area contributed by atoms with Gasteiger partial charge in [-0.1, -0.05) is 55.5 Å². The predicted molar refractivity (Wildman–Crippen MR) is 126 cm³/mol. The molecule has 2 heterocycles. The Morgan fingerprint density at radius 2 is 1.75 bits per heavy atom. The fraction of sp³-hybridized carbons (Fsp3) is 0.462. The summed E-state index contributed by atoms with van der Waals surface area (Å²) in [5.74, 6) is 1.05. The molecule has 6 nitrogen and oxygen atoms in total. The van der Waals surface area contributed by atoms with E-state index in [0.717, 1.165) is 23.4 Å². The van der Waals surface area contributed by atoms with E-state index in [9.17, 15) is 15.3 Å². The Kier molecular flexibility index (Phi) is 6.86. The Balaban J connectivity index is 1.69. The number of hydrogen-bond donors (Lipinski definition) is 3. The first kappa shape index (κ1) is 22.8. The Morgan fingerprint density at radius 1 is 1.09 bits per heavy atom. The average molecular weight is 439 g/mol. The van der Waals surface area contributed by atoms with Crippen molar-refractivity contribution in [3.05, 3.63) is 72.8 Å². The first-order chi connectivity index (χ1) is 15.4. The number of anilines is 1. The SMILES string of the molecule is C=CC(C)CCC(O)(CN1c2ccccc2OCC1c1ccccc1)N1CC(O)C(O)C1. The van der Waals surface area contributed by atoms with Crippen molar-refractivity contribution in [1.29, 1.82) is 0 Å². The first-order valence-electron chi connectivity index (χ1n) is 11.4. The number of β-amino-alcohol motifs (C(OH)–C–C–N with tert-alkyl or cyclic N) is 3. The van der Waals surface area contributed by atoms with Crippen molar-refractivity contribution in [3.8, 4) is 5.75 Å². The van der Waals surface area contributed by atoms with Crippen LogP contribution in [0, 0.1) is 5.92 Å². The third kappa shape index (κ3) is 4.69. The molecule has 4 rings (SSSR count). The van der Waals surface area contributed by atoms with Gasteiger partial charge >= 0.3 is 0 Å². The molecule has 2 aliphatic rings. The smallest absolute Gasteiger partial charge is 0.142 e. The van der Waals surface area contributed by atoms with Gasteiger partial charge in [-0.3, -0.25) is 4.90 Å². The maximum atomic E-state index is 12.0. The van der Waals surface area contributed by atoms with E-state index < -0.39 is 17.9 Å². The van der Waals surface area contributed by atoms with Gasteiger partial charge < -0.3 is 25.0 Å². The molecular weight excluding hydrogens is 404 g/mol. The number of fused-ring (bicyclic) bond motifs is 1. The number of hydrogen-bond acceptors (Lipinski definition) is 6. The van der Waals surface area contributed by atoms with Gasteiger partial charge in [0.05, 0.1) is 30.5 Å². The molecule has 172 valence electrons. The number of nitrogens with zero attached hydrogens (tertiary/aromatic N) is 2. The van der Waals surface area contributed by atoms with Gasteiger partial charge in [-0.25, -0.2) is 0 Å². The lowest BCUT2D eigenvalue weighted by Crippen LogP contribution is -2.57. The van der Waals surface area contributed by atoms with Crippen LogP contribution >= 0.6 is 0 Å². The highest BCUT2D eigenvalue weighted by Crippen LogP contribution is 2.41. The highest BCUT2D eigenvalue weighted by molar-refractivity contribution is 5.61. The molecule has 0 radical (unpaired) electrons. The monoisotopic (exact) mass is 438 g/mol. The van der Waals surface area contributed by atoms with Crippen molar-refractivity contribution in [2.24, 2.45) is 5.92 Å². The zero-order chi connectivity index (χ0) is 22.7. The van der Waals surface area contributed by atoms with E-state index in [4.69, 9.17) is 4.74 Å². The van der Waals surface area contributed by atoms with Crippen molar-refractivity contribution < 1.29 is 20.1 Å². The van der Waals surface area contributed by atoms with E-state index in [0.29, 0.717) is 19.6 Å². The highest BCUT2D eigenvalue weighted by Gasteiger charge is 2.45. The van der Waals surface area contributed by atoms with Crippen LogP contribution in [0.2, 0.25) is 0 Å². The number of ether oxygens (including phenoxy) is 1. The van der Waals surface area contributed by atoms with E-state index in [1.54, 1.807) is 0 Å². The molecule has 1 saturated heterocycles. The van der Waals surface area contributed by atoms with E-state index in [-0.39, 0.29) is 25.0 Å². The van der Waals surface area contributed by atoms with Gasteiger partial charge in [0.25, 0.3) is 0 Å². The van der Waals surface area contributed by atoms with Crippen molar-refractivity contribution in [2.75, 3.05) is 31.1 Å². The standard InChI is InChI=1S/C26H34N2O4/c1-3-19(2)13-14-26(31,27-15-23(29)24(30)16-27)18-28-21-11-7-8-12-25(21)32-17-22(28)20-9-5-4-6-10-20/h3-12,19,22-24,29-31H,1,13-18H2,2H3. The Hall–Kier alpha value is -2.38. The second kappa shape index (κ2) is 9.63. The summed E-state index contributed by atoms with van der Waals surface area (Å²) in [5, 5.41) is 32.4. The van der Waals surface area contributed by atoms with Crippen LogP contribution in [-0.4, -0.2) is 64.4 Å². The molecule has 2 aliphatic heterocycles. The van der Waals surface area contributed by atoms with Crippen LogP contribution in [0.4, 0.5) is 5.69 Å². The molecule has 2 aromatic rings. The summed E-state index contributed by atoms with van der Waals surface area (Å²) in [4.78, 5) is 4.04. The Morgan fingerprint density at radius 3 is 2.44 bits per heavy atom. The summed E-state index contributed by atoms with van der Waals surface area (Å²) in [6.45, 7) is 7.24. The number of aliphatic hydroxyl groups excluding tert-OH is 2. The van der Waals surface area contributed by atoms with Gasteiger partial charge in [-0.15, -0.1) is 6.58 Å². The minimum absolute atomic E-state index is 0.0631. The van der Waals surface area contributed by atoms with Crippen molar-refractivity contribution in [3.63, 3.8) is 0 Å². The fourth-order valence-corrected chi connectivity index (χ4v) is 4.69. The second-order valence-corrected chi connectivity index (χ2v) is 9.11. The van der Waals surface area contributed by atoms with Crippen LogP contribution in [-0.2, 0) is 0 Å². The van der Waals surface area contributed by atoms with Gasteiger partial charge in [-0.05, 0) is 36.5 Å². The number of likely N-dealkylation sites (tertiary alicyclic amines) is 1. The maximum Gasteiger partial charge on any atom is 0.142 e. The van der Waals surface area contributed by atoms with Crippen LogP contribution in [0.15, 0.2) is 67.3 Å². The van der Waals surface area contributed by atoms with Gasteiger partial charge in [-0.2, -0.15) is 0 Å². The molecule has 1 fully saturated rings. The summed E-state index contributed by atoms with van der Waals surface area (Å²) < 4.78 is 6.08. The average Bonchev–Trinajstić information content (AvgIpc) is 3.17. The van der Waals surface area contributed by atoms with E-state index in [1.165, 1.54) is 0 Å². The fourth-order valence-electron chi connectivity index (χ4n) is 4.69. The normalized spacial score (nSPS) is 26.1. The van der Waals surface area contributed by atoms with Crippen molar-refractivity contribution >= 4 is 5.69 Å². The molecule has 0 aliphatic carbocycles. The summed E-state index contributed by atoms with van der Waals surface area (Å²) in [6, 6.07) is 18.0. The van der Waals surface area contributed by atoms with Crippen LogP contribution in [0.5, 0.6) is 5.75 Å². The highest BCUT2D eigenvalue weighted by atomic mass is 16.5. The minimum atomic E-state index is -1.23. The van der Waals surface area contributed by atoms with Crippen molar-refractivity contribution in [1.82, 2.24) is 4.90 Å². The minimum Gasteiger partial charge on any atom is -0.489 e. The maximum absolute atomic E-state index is 12.0. The van der Waals surface area contributed by atoms with Crippen LogP contribution in [0.1, 0.15) is 31.4 Å². The molecule has 0 spiro atoms. The Bertz CT molecular complexity index is 898. The zero-order valence-corrected chi connectivity index (χ0v) is 18.7. The number of rotatable bonds is 8. The first-order valence-corrected chi connectivity index (χ1v) is 11.4. The number of benzene rings is 2. The molecule has 5 unspecified atom stereocenters. The molecule has 32 heavy (non-hydrogen) atoms. The van der Waals surface area contributed by atoms with Crippen molar-refractivity contribution in [2.45, 2.75) is 43.7 Å². The lowest BCUT2D eigenvalue weighted by Gasteiger charge is -2.46. The number of allylic oxidation sites excluding steroid dienone is 1. The van der Waals surface area contributed by atoms with Crippen LogP contribution < -0.4 is 9.64 Å². The topological polar surface area (TPSA) is 76.4 Å². The predicted octanol–water partition coefficient (Wildman–Crippen LogP) is 2.96. The quantitative estimate of drug-likeness (QED) is 0.550. The summed E-state index contributed by atoms with van der Waals surface area (Å²) in [6.07, 6.45) is 1.43. The lowest BCUT2D eigenvalue weighted by molar-refractivity contribution is -0.106. The molecule has 2 aromatic carbocycles. The largest absolute Gasteiger partial charge is 0.489 e. The second-order valence-electron chi connectivity index (χ2n) is 9.11. The van der Waals surface area contributed by atoms with Gasteiger partial charge in [0, 0.05) is 13.1 Å². The molecule has 5 atom stereocenters. The third-order valence-electron chi connectivity index (χ3n) is 6.81. The van der Waals surface area contributed by atoms with E-state index in [2.05, 4.69) is 30.5 Å². The summed E-state index contributed by atoms with van der Waals surface area (Å²) in [7, 11) is 0. The lowest BCUT2D eigenvalue weighted by atomic mass is 9.95.